The van der Waals surface area contributed by atoms with Gasteiger partial charge in [0.25, 0.3) is 0 Å². The normalized spacial score (nSPS) is 18.4. The number of hydrogen-bond acceptors (Lipinski definition) is 6. The summed E-state index contributed by atoms with van der Waals surface area (Å²) in [6.45, 7) is 5.67. The topological polar surface area (TPSA) is 111 Å². The van der Waals surface area contributed by atoms with Crippen LogP contribution in [0.25, 0.3) is 0 Å². The quantitative estimate of drug-likeness (QED) is 0.232. The van der Waals surface area contributed by atoms with E-state index < -0.39 is 28.2 Å². The van der Waals surface area contributed by atoms with Gasteiger partial charge in [0.1, 0.15) is 12.1 Å². The van der Waals surface area contributed by atoms with Crippen molar-refractivity contribution >= 4 is 29.5 Å². The summed E-state index contributed by atoms with van der Waals surface area (Å²) in [6, 6.07) is 27.3. The van der Waals surface area contributed by atoms with Crippen LogP contribution in [0.3, 0.4) is 0 Å². The van der Waals surface area contributed by atoms with Gasteiger partial charge in [-0.3, -0.25) is 19.7 Å². The lowest BCUT2D eigenvalue weighted by Gasteiger charge is -2.31. The van der Waals surface area contributed by atoms with E-state index in [-0.39, 0.29) is 18.2 Å². The van der Waals surface area contributed by atoms with Crippen molar-refractivity contribution in [3.8, 4) is 0 Å². The molecule has 8 nitrogen and oxygen atoms in total. The maximum atomic E-state index is 14.3. The van der Waals surface area contributed by atoms with Gasteiger partial charge in [0.15, 0.2) is 0 Å². The van der Waals surface area contributed by atoms with Crippen LogP contribution in [0.2, 0.25) is 0 Å². The van der Waals surface area contributed by atoms with Crippen molar-refractivity contribution in [2.45, 2.75) is 55.6 Å². The molecule has 0 aromatic heterocycles. The molecule has 2 amide bonds. The zero-order valence-electron chi connectivity index (χ0n) is 23.5. The van der Waals surface area contributed by atoms with E-state index in [1.165, 1.54) is 11.8 Å². The van der Waals surface area contributed by atoms with Crippen LogP contribution in [0.1, 0.15) is 30.5 Å². The second-order valence-corrected chi connectivity index (χ2v) is 12.5. The molecular formula is C32H38N4O4S. The highest BCUT2D eigenvalue weighted by molar-refractivity contribution is 8.01. The molecule has 1 saturated heterocycles. The molecule has 4 N–H and O–H groups in total. The molecule has 9 heteroatoms. The number of carboxylic acid groups (broad SMARTS) is 1. The molecule has 216 valence electrons. The maximum Gasteiger partial charge on any atom is 0.322 e. The van der Waals surface area contributed by atoms with E-state index in [1.807, 2.05) is 105 Å². The number of aliphatic carboxylic acids is 1. The Hall–Kier alpha value is -3.66. The smallest absolute Gasteiger partial charge is 0.322 e. The molecule has 0 radical (unpaired) electrons. The summed E-state index contributed by atoms with van der Waals surface area (Å²) in [5.74, 6) is -1.54. The second-order valence-electron chi connectivity index (χ2n) is 10.7. The molecular weight excluding hydrogens is 536 g/mol. The van der Waals surface area contributed by atoms with E-state index in [2.05, 4.69) is 16.0 Å². The third-order valence-electron chi connectivity index (χ3n) is 7.05. The van der Waals surface area contributed by atoms with Crippen LogP contribution in [0.15, 0.2) is 91.0 Å². The van der Waals surface area contributed by atoms with E-state index in [1.54, 1.807) is 4.90 Å². The van der Waals surface area contributed by atoms with Gasteiger partial charge in [0.2, 0.25) is 11.8 Å². The zero-order valence-corrected chi connectivity index (χ0v) is 24.3. The monoisotopic (exact) mass is 574 g/mol. The summed E-state index contributed by atoms with van der Waals surface area (Å²) >= 11 is 1.37. The summed E-state index contributed by atoms with van der Waals surface area (Å²) in [5.41, 5.74) is 2.94. The first-order valence-electron chi connectivity index (χ1n) is 13.8. The van der Waals surface area contributed by atoms with Gasteiger partial charge in [-0.2, -0.15) is 0 Å². The molecule has 1 fully saturated rings. The van der Waals surface area contributed by atoms with E-state index in [4.69, 9.17) is 0 Å². The van der Waals surface area contributed by atoms with Crippen LogP contribution >= 0.6 is 11.8 Å². The van der Waals surface area contributed by atoms with Gasteiger partial charge in [0.05, 0.1) is 11.8 Å². The van der Waals surface area contributed by atoms with E-state index in [9.17, 15) is 19.5 Å². The number of nitrogens with one attached hydrogen (secondary N) is 3. The first-order chi connectivity index (χ1) is 19.7. The fourth-order valence-corrected chi connectivity index (χ4v) is 6.39. The van der Waals surface area contributed by atoms with Gasteiger partial charge in [-0.1, -0.05) is 91.0 Å². The summed E-state index contributed by atoms with van der Waals surface area (Å²) in [7, 11) is 0. The van der Waals surface area contributed by atoms with Crippen LogP contribution in [0, 0.1) is 0 Å². The average molecular weight is 575 g/mol. The molecule has 3 atom stereocenters. The van der Waals surface area contributed by atoms with Crippen LogP contribution in [-0.2, 0) is 33.9 Å². The number of nitrogens with zero attached hydrogens (tertiary/aromatic N) is 1. The number of carbonyl (C=O) groups excluding carboxylic acids is 2. The highest BCUT2D eigenvalue weighted by atomic mass is 32.2. The van der Waals surface area contributed by atoms with Crippen LogP contribution in [0.5, 0.6) is 0 Å². The Morgan fingerprint density at radius 1 is 0.902 bits per heavy atom. The predicted octanol–water partition coefficient (Wildman–Crippen LogP) is 3.43. The molecule has 1 aliphatic rings. The first kappa shape index (κ1) is 30.3. The molecule has 41 heavy (non-hydrogen) atoms. The highest BCUT2D eigenvalue weighted by Gasteiger charge is 2.49. The summed E-state index contributed by atoms with van der Waals surface area (Å²) in [6.07, 6.45) is 0.116. The molecule has 0 bridgehead atoms. The van der Waals surface area contributed by atoms with Crippen molar-refractivity contribution in [2.75, 3.05) is 13.1 Å². The van der Waals surface area contributed by atoms with Gasteiger partial charge in [-0.25, -0.2) is 0 Å². The van der Waals surface area contributed by atoms with Crippen molar-refractivity contribution in [3.63, 3.8) is 0 Å². The first-order valence-corrected chi connectivity index (χ1v) is 14.7. The number of amides is 2. The van der Waals surface area contributed by atoms with Gasteiger partial charge in [0, 0.05) is 30.9 Å². The lowest BCUT2D eigenvalue weighted by molar-refractivity contribution is -0.141. The summed E-state index contributed by atoms with van der Waals surface area (Å²) < 4.78 is -0.680. The molecule has 1 heterocycles. The van der Waals surface area contributed by atoms with Crippen LogP contribution in [0.4, 0.5) is 0 Å². The Kier molecular flexibility index (Phi) is 10.6. The Morgan fingerprint density at radius 3 is 2.02 bits per heavy atom. The molecule has 1 aliphatic heterocycles. The lowest BCUT2D eigenvalue weighted by atomic mass is 10.0. The third-order valence-corrected chi connectivity index (χ3v) is 8.56. The second kappa shape index (κ2) is 14.3. The number of hydrogen-bond donors (Lipinski definition) is 4. The Balaban J connectivity index is 1.54. The molecule has 0 spiro atoms. The standard InChI is InChI=1S/C32H38N4O4S/c1-32(2)28(31(39)40)35-29(41-32)27(34-26(37)20-23-12-6-3-7-13-23)30(38)36(22-25-16-10-5-11-17-25)19-18-33-21-24-14-8-4-9-15-24/h3-17,27-29,33,35H,18-22H2,1-2H3,(H,34,37)(H,39,40). The molecule has 0 saturated carbocycles. The number of carboxylic acids is 1. The molecule has 3 unspecified atom stereocenters. The minimum atomic E-state index is -0.988. The zero-order chi connectivity index (χ0) is 29.2. The Labute approximate surface area is 245 Å². The molecule has 3 aromatic carbocycles. The summed E-state index contributed by atoms with van der Waals surface area (Å²) in [5, 5.41) is 18.7. The van der Waals surface area contributed by atoms with Crippen molar-refractivity contribution in [1.29, 1.82) is 0 Å². The third kappa shape index (κ3) is 8.66. The minimum absolute atomic E-state index is 0.116. The molecule has 3 aromatic rings. The van der Waals surface area contributed by atoms with Crippen molar-refractivity contribution in [1.82, 2.24) is 20.9 Å². The Morgan fingerprint density at radius 2 is 1.46 bits per heavy atom. The van der Waals surface area contributed by atoms with Crippen LogP contribution in [-0.4, -0.2) is 63.1 Å². The number of thioether (sulfide) groups is 1. The van der Waals surface area contributed by atoms with Gasteiger partial charge in [-0.05, 0) is 30.5 Å². The SMILES string of the molecule is CC1(C)SC(C(NC(=O)Cc2ccccc2)C(=O)N(CCNCc2ccccc2)Cc2ccccc2)NC1C(=O)O. The number of rotatable bonds is 13. The van der Waals surface area contributed by atoms with Crippen molar-refractivity contribution in [3.05, 3.63) is 108 Å². The average Bonchev–Trinajstić information content (AvgIpc) is 3.29. The van der Waals surface area contributed by atoms with Crippen LogP contribution < -0.4 is 16.0 Å². The van der Waals surface area contributed by atoms with Crippen molar-refractivity contribution < 1.29 is 19.5 Å². The fraction of sp³-hybridized carbons (Fsp3) is 0.344. The summed E-state index contributed by atoms with van der Waals surface area (Å²) in [4.78, 5) is 41.2. The highest BCUT2D eigenvalue weighted by Crippen LogP contribution is 2.39. The largest absolute Gasteiger partial charge is 0.480 e. The molecule has 0 aliphatic carbocycles. The van der Waals surface area contributed by atoms with Crippen molar-refractivity contribution in [2.24, 2.45) is 0 Å². The van der Waals surface area contributed by atoms with Gasteiger partial charge < -0.3 is 20.6 Å². The number of carbonyl (C=O) groups is 3. The van der Waals surface area contributed by atoms with E-state index in [0.717, 1.165) is 16.7 Å². The molecule has 4 rings (SSSR count). The van der Waals surface area contributed by atoms with E-state index >= 15 is 0 Å². The van der Waals surface area contributed by atoms with E-state index in [0.29, 0.717) is 26.2 Å². The minimum Gasteiger partial charge on any atom is -0.480 e. The van der Waals surface area contributed by atoms with Gasteiger partial charge >= 0.3 is 5.97 Å². The maximum absolute atomic E-state index is 14.3. The van der Waals surface area contributed by atoms with Gasteiger partial charge in [-0.15, -0.1) is 11.8 Å². The Bertz CT molecular complexity index is 1290. The number of benzene rings is 3. The fourth-order valence-electron chi connectivity index (χ4n) is 4.91. The lowest BCUT2D eigenvalue weighted by Crippen LogP contribution is -2.58. The predicted molar refractivity (Wildman–Crippen MR) is 162 cm³/mol.